The fourth-order valence-electron chi connectivity index (χ4n) is 9.45. The minimum Gasteiger partial charge on any atom is -0.333 e. The standard InChI is InChI=1S/C25H29ClFN7O.C21H21ClFN7O/c1-15-10-20(31-22-8-9-28-34(22)25(2,3)4)30-21(29-15)14-32-12-17-11-16(32)13-33(17)24(35)18-6-5-7-19(26)23(18)27;1-12-7-18(26-17-5-6-24-28-17)27-19(25-12)11-29-9-14-8-13(29)10-30(14)21(31)15-3-2-4-16(22)20(15)23/h5-10,16-17H,11-14H2,1-4H3,(H,29,30,31);2-7,13-14H,8-11H2,1H3,(H2,24,25,26,27,28)/t16-,17-;13-,14-/m11/s1. The van der Waals surface area contributed by atoms with Crippen molar-refractivity contribution >= 4 is 58.3 Å². The summed E-state index contributed by atoms with van der Waals surface area (Å²) < 4.78 is 30.6. The maximum atomic E-state index is 14.4. The molecule has 0 saturated carbocycles. The van der Waals surface area contributed by atoms with E-state index in [0.717, 1.165) is 47.5 Å². The molecule has 2 amide bonds. The molecule has 3 N–H and O–H groups in total. The Morgan fingerprint density at radius 1 is 0.697 bits per heavy atom. The third-order valence-electron chi connectivity index (χ3n) is 12.4. The van der Waals surface area contributed by atoms with Crippen LogP contribution >= 0.6 is 23.2 Å². The molecule has 4 aliphatic heterocycles. The summed E-state index contributed by atoms with van der Waals surface area (Å²) in [5.74, 6) is 2.57. The lowest BCUT2D eigenvalue weighted by Gasteiger charge is -2.34. The number of piperazine rings is 2. The molecule has 66 heavy (non-hydrogen) atoms. The van der Waals surface area contributed by atoms with Crippen molar-refractivity contribution in [3.8, 4) is 0 Å². The highest BCUT2D eigenvalue weighted by atomic mass is 35.5. The molecule has 16 nitrogen and oxygen atoms in total. The van der Waals surface area contributed by atoms with E-state index < -0.39 is 11.6 Å². The summed E-state index contributed by atoms with van der Waals surface area (Å²) >= 11 is 11.7. The van der Waals surface area contributed by atoms with Crippen LogP contribution in [-0.2, 0) is 18.6 Å². The molecular weight excluding hydrogens is 890 g/mol. The van der Waals surface area contributed by atoms with Gasteiger partial charge in [0.05, 0.1) is 52.2 Å². The fourth-order valence-corrected chi connectivity index (χ4v) is 9.80. The Balaban J connectivity index is 0.000000167. The Bertz CT molecular complexity index is 2770. The number of nitrogens with zero attached hydrogens (tertiary/aromatic N) is 11. The molecule has 0 aliphatic carbocycles. The minimum atomic E-state index is -0.653. The molecule has 8 heterocycles. The Hall–Kier alpha value is -6.08. The van der Waals surface area contributed by atoms with Gasteiger partial charge in [0.15, 0.2) is 11.6 Å². The molecule has 4 fully saturated rings. The number of carbonyl (C=O) groups is 2. The Morgan fingerprint density at radius 3 is 1.67 bits per heavy atom. The highest BCUT2D eigenvalue weighted by molar-refractivity contribution is 6.31. The highest BCUT2D eigenvalue weighted by Crippen LogP contribution is 2.35. The predicted molar refractivity (Wildman–Crippen MR) is 246 cm³/mol. The number of hydrogen-bond donors (Lipinski definition) is 3. The average molecular weight is 940 g/mol. The number of nitrogens with one attached hydrogen (secondary N) is 3. The van der Waals surface area contributed by atoms with E-state index in [1.165, 1.54) is 24.3 Å². The molecule has 344 valence electrons. The summed E-state index contributed by atoms with van der Waals surface area (Å²) in [7, 11) is 0. The Labute approximate surface area is 390 Å². The van der Waals surface area contributed by atoms with Gasteiger partial charge < -0.3 is 20.4 Å². The number of amides is 2. The van der Waals surface area contributed by atoms with Crippen molar-refractivity contribution in [2.24, 2.45) is 0 Å². The molecule has 10 rings (SSSR count). The molecule has 20 heteroatoms. The van der Waals surface area contributed by atoms with Gasteiger partial charge in [0.2, 0.25) is 0 Å². The normalized spacial score (nSPS) is 20.2. The van der Waals surface area contributed by atoms with Gasteiger partial charge in [-0.2, -0.15) is 10.2 Å². The first-order valence-electron chi connectivity index (χ1n) is 21.8. The Morgan fingerprint density at radius 2 is 1.21 bits per heavy atom. The van der Waals surface area contributed by atoms with E-state index in [-0.39, 0.29) is 62.7 Å². The zero-order valence-electron chi connectivity index (χ0n) is 37.1. The quantitative estimate of drug-likeness (QED) is 0.124. The van der Waals surface area contributed by atoms with Crippen molar-refractivity contribution in [2.45, 2.75) is 90.3 Å². The van der Waals surface area contributed by atoms with Crippen molar-refractivity contribution in [1.82, 2.24) is 59.5 Å². The van der Waals surface area contributed by atoms with E-state index >= 15 is 0 Å². The summed E-state index contributed by atoms with van der Waals surface area (Å²) in [6, 6.07) is 17.1. The Kier molecular flexibility index (Phi) is 12.5. The van der Waals surface area contributed by atoms with Gasteiger partial charge in [0.1, 0.15) is 34.9 Å². The van der Waals surface area contributed by atoms with E-state index in [1.807, 2.05) is 42.8 Å². The minimum absolute atomic E-state index is 0.0307. The van der Waals surface area contributed by atoms with Crippen LogP contribution in [0.2, 0.25) is 10.0 Å². The van der Waals surface area contributed by atoms with Crippen molar-refractivity contribution < 1.29 is 18.4 Å². The van der Waals surface area contributed by atoms with Crippen molar-refractivity contribution in [3.05, 3.63) is 129 Å². The molecule has 0 spiro atoms. The van der Waals surface area contributed by atoms with Crippen LogP contribution in [-0.4, -0.2) is 122 Å². The van der Waals surface area contributed by atoms with Crippen LogP contribution < -0.4 is 10.6 Å². The van der Waals surface area contributed by atoms with Crippen molar-refractivity contribution in [3.63, 3.8) is 0 Å². The van der Waals surface area contributed by atoms with Crippen LogP contribution in [0.15, 0.2) is 73.1 Å². The number of likely N-dealkylation sites (tertiary alicyclic amines) is 4. The molecule has 4 aromatic heterocycles. The molecule has 6 aromatic rings. The number of rotatable bonds is 10. The van der Waals surface area contributed by atoms with Crippen molar-refractivity contribution in [1.29, 1.82) is 0 Å². The smallest absolute Gasteiger partial charge is 0.257 e. The average Bonchev–Trinajstić information content (AvgIpc) is 4.14. The number of hydrogen-bond acceptors (Lipinski definition) is 12. The number of halogens is 4. The van der Waals surface area contributed by atoms with Crippen LogP contribution in [0, 0.1) is 25.5 Å². The van der Waals surface area contributed by atoms with E-state index in [4.69, 9.17) is 28.2 Å². The summed E-state index contributed by atoms with van der Waals surface area (Å²) in [5.41, 5.74) is 1.64. The summed E-state index contributed by atoms with van der Waals surface area (Å²) in [5, 5.41) is 17.7. The van der Waals surface area contributed by atoms with Crippen LogP contribution in [0.5, 0.6) is 0 Å². The van der Waals surface area contributed by atoms with E-state index in [0.29, 0.717) is 50.9 Å². The predicted octanol–water partition coefficient (Wildman–Crippen LogP) is 7.51. The van der Waals surface area contributed by atoms with E-state index in [1.54, 1.807) is 34.3 Å². The van der Waals surface area contributed by atoms with Crippen LogP contribution in [0.25, 0.3) is 0 Å². The molecule has 4 bridgehead atoms. The number of aromatic amines is 1. The number of fused-ring (bicyclic) bond motifs is 4. The number of anilines is 4. The molecule has 2 aromatic carbocycles. The van der Waals surface area contributed by atoms with Gasteiger partial charge >= 0.3 is 0 Å². The van der Waals surface area contributed by atoms with Gasteiger partial charge in [-0.05, 0) is 71.7 Å². The topological polar surface area (TPSA) is 169 Å². The largest absolute Gasteiger partial charge is 0.333 e. The van der Waals surface area contributed by atoms with Gasteiger partial charge in [-0.15, -0.1) is 0 Å². The van der Waals surface area contributed by atoms with Gasteiger partial charge in [0.25, 0.3) is 11.8 Å². The molecule has 0 unspecified atom stereocenters. The first-order chi connectivity index (χ1) is 31.6. The molecule has 4 aliphatic rings. The van der Waals surface area contributed by atoms with Gasteiger partial charge in [-0.3, -0.25) is 24.5 Å². The third kappa shape index (κ3) is 9.45. The van der Waals surface area contributed by atoms with E-state index in [9.17, 15) is 18.4 Å². The summed E-state index contributed by atoms with van der Waals surface area (Å²) in [6.07, 6.45) is 5.15. The summed E-state index contributed by atoms with van der Waals surface area (Å²) in [6.45, 7) is 13.9. The first-order valence-corrected chi connectivity index (χ1v) is 22.6. The van der Waals surface area contributed by atoms with Gasteiger partial charge in [0, 0.05) is 86.0 Å². The number of H-pyrrole nitrogens is 1. The highest BCUT2D eigenvalue weighted by Gasteiger charge is 2.47. The third-order valence-corrected chi connectivity index (χ3v) is 13.0. The number of aryl methyl sites for hydroxylation is 2. The van der Waals surface area contributed by atoms with Gasteiger partial charge in [-0.1, -0.05) is 35.3 Å². The van der Waals surface area contributed by atoms with Gasteiger partial charge in [-0.25, -0.2) is 33.4 Å². The van der Waals surface area contributed by atoms with Crippen molar-refractivity contribution in [2.75, 3.05) is 36.8 Å². The first kappa shape index (κ1) is 45.1. The number of carbonyl (C=O) groups excluding carboxylic acids is 2. The fraction of sp³-hybridized carbons (Fsp3) is 0.391. The second kappa shape index (κ2) is 18.3. The lowest BCUT2D eigenvalue weighted by molar-refractivity contribution is 0.0601. The maximum absolute atomic E-state index is 14.4. The monoisotopic (exact) mass is 938 g/mol. The van der Waals surface area contributed by atoms with Crippen LogP contribution in [0.4, 0.5) is 32.1 Å². The second-order valence-corrected chi connectivity index (χ2v) is 19.0. The molecule has 4 atom stereocenters. The van der Waals surface area contributed by atoms with E-state index in [2.05, 4.69) is 71.5 Å². The number of aromatic nitrogens is 8. The second-order valence-electron chi connectivity index (χ2n) is 18.2. The molecular formula is C46H50Cl2F2N14O2. The zero-order valence-corrected chi connectivity index (χ0v) is 38.7. The van der Waals surface area contributed by atoms with Crippen LogP contribution in [0.3, 0.4) is 0 Å². The summed E-state index contributed by atoms with van der Waals surface area (Å²) in [4.78, 5) is 52.6. The lowest BCUT2D eigenvalue weighted by atomic mass is 10.1. The lowest BCUT2D eigenvalue weighted by Crippen LogP contribution is -2.48. The molecule has 0 radical (unpaired) electrons. The maximum Gasteiger partial charge on any atom is 0.257 e. The molecule has 4 saturated heterocycles. The zero-order chi connectivity index (χ0) is 46.4. The van der Waals surface area contributed by atoms with Crippen LogP contribution in [0.1, 0.15) is 77.4 Å². The number of benzene rings is 2. The SMILES string of the molecule is Cc1cc(Nc2ccn[nH]2)nc(CN2C[C@H]3C[C@@H]2CN3C(=O)c2cccc(Cl)c2F)n1.Cc1cc(Nc2ccnn2C(C)(C)C)nc(CN2C[C@H]3C[C@@H]2CN3C(=O)c2cccc(Cl)c2F)n1.